The summed E-state index contributed by atoms with van der Waals surface area (Å²) in [5.74, 6) is 0. The van der Waals surface area contributed by atoms with Crippen LogP contribution in [-0.2, 0) is 4.79 Å². The summed E-state index contributed by atoms with van der Waals surface area (Å²) in [5, 5.41) is 0. The molecule has 1 aliphatic rings. The molecule has 0 saturated carbocycles. The molecule has 4 nitrogen and oxygen atoms in total. The highest BCUT2D eigenvalue weighted by Crippen LogP contribution is 2.35. The molecule has 0 N–H and O–H groups in total. The molecule has 144 valence electrons. The zero-order chi connectivity index (χ0) is 20.2. The van der Waals surface area contributed by atoms with Crippen molar-refractivity contribution in [2.45, 2.75) is 6.04 Å². The second-order valence-electron chi connectivity index (χ2n) is 7.16. The van der Waals surface area contributed by atoms with E-state index in [1.807, 2.05) is 73.7 Å². The number of aromatic nitrogens is 1. The van der Waals surface area contributed by atoms with Crippen molar-refractivity contribution >= 4 is 28.8 Å². The van der Waals surface area contributed by atoms with Crippen LogP contribution < -0.4 is 9.80 Å². The Morgan fingerprint density at radius 3 is 2.28 bits per heavy atom. The standard InChI is InChI=1S/C25H23N3O/c1-27(2)21-13-11-19(12-14-21)23-16-20(24-10-6-7-15-26-24)17-28(25(23)18-29)22-8-4-3-5-9-22/h3-18,25H,1-2H3. The maximum absolute atomic E-state index is 12.2. The Morgan fingerprint density at radius 2 is 1.66 bits per heavy atom. The summed E-state index contributed by atoms with van der Waals surface area (Å²) in [6.07, 6.45) is 6.87. The lowest BCUT2D eigenvalue weighted by Gasteiger charge is -2.33. The van der Waals surface area contributed by atoms with Crippen LogP contribution in [0, 0.1) is 0 Å². The van der Waals surface area contributed by atoms with E-state index >= 15 is 0 Å². The van der Waals surface area contributed by atoms with Crippen molar-refractivity contribution in [2.24, 2.45) is 0 Å². The van der Waals surface area contributed by atoms with Crippen LogP contribution >= 0.6 is 0 Å². The highest BCUT2D eigenvalue weighted by Gasteiger charge is 2.27. The Bertz CT molecular complexity index is 1040. The molecule has 0 fully saturated rings. The number of hydrogen-bond acceptors (Lipinski definition) is 4. The Kier molecular flexibility index (Phi) is 5.25. The first-order chi connectivity index (χ1) is 14.2. The normalized spacial score (nSPS) is 16.1. The molecule has 1 unspecified atom stereocenters. The summed E-state index contributed by atoms with van der Waals surface area (Å²) < 4.78 is 0. The van der Waals surface area contributed by atoms with Gasteiger partial charge in [-0.1, -0.05) is 36.4 Å². The Balaban J connectivity index is 1.84. The summed E-state index contributed by atoms with van der Waals surface area (Å²) in [6.45, 7) is 0. The fraction of sp³-hybridized carbons (Fsp3) is 0.120. The summed E-state index contributed by atoms with van der Waals surface area (Å²) in [5.41, 5.74) is 5.91. The molecule has 1 aromatic heterocycles. The van der Waals surface area contributed by atoms with Crippen molar-refractivity contribution in [3.8, 4) is 0 Å². The van der Waals surface area contributed by atoms with Crippen LogP contribution in [-0.4, -0.2) is 31.4 Å². The van der Waals surface area contributed by atoms with E-state index in [1.165, 1.54) is 0 Å². The van der Waals surface area contributed by atoms with Gasteiger partial charge in [-0.15, -0.1) is 0 Å². The van der Waals surface area contributed by atoms with Crippen molar-refractivity contribution in [3.63, 3.8) is 0 Å². The lowest BCUT2D eigenvalue weighted by Crippen LogP contribution is -2.35. The van der Waals surface area contributed by atoms with Crippen LogP contribution in [0.4, 0.5) is 11.4 Å². The third kappa shape index (κ3) is 3.83. The Hall–Kier alpha value is -3.66. The smallest absolute Gasteiger partial charge is 0.147 e. The third-order valence-corrected chi connectivity index (χ3v) is 5.07. The van der Waals surface area contributed by atoms with Gasteiger partial charge in [0.15, 0.2) is 0 Å². The number of carbonyl (C=O) groups is 1. The van der Waals surface area contributed by atoms with E-state index in [-0.39, 0.29) is 0 Å². The molecule has 1 aliphatic heterocycles. The van der Waals surface area contributed by atoms with Crippen molar-refractivity contribution in [1.82, 2.24) is 4.98 Å². The molecule has 0 aliphatic carbocycles. The van der Waals surface area contributed by atoms with E-state index in [0.29, 0.717) is 0 Å². The van der Waals surface area contributed by atoms with Crippen LogP contribution in [0.5, 0.6) is 0 Å². The monoisotopic (exact) mass is 381 g/mol. The number of anilines is 2. The zero-order valence-electron chi connectivity index (χ0n) is 16.6. The van der Waals surface area contributed by atoms with E-state index in [9.17, 15) is 4.79 Å². The maximum atomic E-state index is 12.2. The molecule has 4 heteroatoms. The molecule has 0 saturated heterocycles. The van der Waals surface area contributed by atoms with Crippen LogP contribution in [0.15, 0.2) is 91.3 Å². The highest BCUT2D eigenvalue weighted by molar-refractivity contribution is 5.98. The molecule has 3 aromatic rings. The highest BCUT2D eigenvalue weighted by atomic mass is 16.1. The van der Waals surface area contributed by atoms with Crippen LogP contribution in [0.2, 0.25) is 0 Å². The molecule has 2 heterocycles. The van der Waals surface area contributed by atoms with Gasteiger partial charge >= 0.3 is 0 Å². The molecular formula is C25H23N3O. The maximum Gasteiger partial charge on any atom is 0.147 e. The fourth-order valence-corrected chi connectivity index (χ4v) is 3.52. The molecule has 0 amide bonds. The van der Waals surface area contributed by atoms with Crippen molar-refractivity contribution in [1.29, 1.82) is 0 Å². The molecule has 2 aromatic carbocycles. The fourth-order valence-electron chi connectivity index (χ4n) is 3.52. The lowest BCUT2D eigenvalue weighted by molar-refractivity contribution is -0.107. The number of pyridine rings is 1. The van der Waals surface area contributed by atoms with Crippen LogP contribution in [0.3, 0.4) is 0 Å². The van der Waals surface area contributed by atoms with Crippen LogP contribution in [0.1, 0.15) is 11.3 Å². The Labute approximate surface area is 171 Å². The van der Waals surface area contributed by atoms with Crippen molar-refractivity contribution < 1.29 is 4.79 Å². The largest absolute Gasteiger partial charge is 0.378 e. The number of nitrogens with zero attached hydrogens (tertiary/aromatic N) is 3. The third-order valence-electron chi connectivity index (χ3n) is 5.07. The minimum atomic E-state index is -0.407. The molecular weight excluding hydrogens is 358 g/mol. The van der Waals surface area contributed by atoms with E-state index in [1.54, 1.807) is 6.20 Å². The van der Waals surface area contributed by atoms with Gasteiger partial charge in [-0.05, 0) is 53.6 Å². The van der Waals surface area contributed by atoms with E-state index in [4.69, 9.17) is 0 Å². The first-order valence-corrected chi connectivity index (χ1v) is 9.58. The van der Waals surface area contributed by atoms with Crippen LogP contribution in [0.25, 0.3) is 11.1 Å². The topological polar surface area (TPSA) is 36.4 Å². The summed E-state index contributed by atoms with van der Waals surface area (Å²) in [4.78, 5) is 20.8. The first-order valence-electron chi connectivity index (χ1n) is 9.58. The number of aldehydes is 1. The number of hydrogen-bond donors (Lipinski definition) is 0. The Morgan fingerprint density at radius 1 is 0.931 bits per heavy atom. The molecule has 0 spiro atoms. The molecule has 0 bridgehead atoms. The summed E-state index contributed by atoms with van der Waals surface area (Å²) in [6, 6.07) is 23.7. The van der Waals surface area contributed by atoms with Gasteiger partial charge in [-0.25, -0.2) is 0 Å². The molecule has 1 atom stereocenters. The number of para-hydroxylation sites is 1. The van der Waals surface area contributed by atoms with Gasteiger partial charge in [-0.2, -0.15) is 0 Å². The number of benzene rings is 2. The molecule has 4 rings (SSSR count). The SMILES string of the molecule is CN(C)c1ccc(C2=CC(c3ccccn3)=CN(c3ccccc3)C2C=O)cc1. The quantitative estimate of drug-likeness (QED) is 0.602. The van der Waals surface area contributed by atoms with E-state index in [2.05, 4.69) is 40.2 Å². The zero-order valence-corrected chi connectivity index (χ0v) is 16.6. The predicted molar refractivity (Wildman–Crippen MR) is 120 cm³/mol. The summed E-state index contributed by atoms with van der Waals surface area (Å²) >= 11 is 0. The number of carbonyl (C=O) groups excluding carboxylic acids is 1. The van der Waals surface area contributed by atoms with Crippen molar-refractivity contribution in [3.05, 3.63) is 103 Å². The molecule has 0 radical (unpaired) electrons. The van der Waals surface area contributed by atoms with Crippen molar-refractivity contribution in [2.75, 3.05) is 23.9 Å². The van der Waals surface area contributed by atoms with Gasteiger partial charge in [0, 0.05) is 43.4 Å². The minimum Gasteiger partial charge on any atom is -0.378 e. The van der Waals surface area contributed by atoms with Gasteiger partial charge in [0.2, 0.25) is 0 Å². The second-order valence-corrected chi connectivity index (χ2v) is 7.16. The molecule has 29 heavy (non-hydrogen) atoms. The van der Waals surface area contributed by atoms with Gasteiger partial charge in [0.25, 0.3) is 0 Å². The minimum absolute atomic E-state index is 0.407. The van der Waals surface area contributed by atoms with Gasteiger partial charge < -0.3 is 14.6 Å². The average molecular weight is 381 g/mol. The second kappa shape index (κ2) is 8.15. The van der Waals surface area contributed by atoms with E-state index in [0.717, 1.165) is 40.1 Å². The van der Waals surface area contributed by atoms with Gasteiger partial charge in [0.1, 0.15) is 12.3 Å². The number of allylic oxidation sites excluding steroid dienone is 2. The first kappa shape index (κ1) is 18.7. The number of rotatable bonds is 5. The lowest BCUT2D eigenvalue weighted by atomic mass is 9.91. The predicted octanol–water partition coefficient (Wildman–Crippen LogP) is 4.66. The average Bonchev–Trinajstić information content (AvgIpc) is 2.79. The van der Waals surface area contributed by atoms with E-state index < -0.39 is 6.04 Å². The van der Waals surface area contributed by atoms with Gasteiger partial charge in [0.05, 0.1) is 5.69 Å². The summed E-state index contributed by atoms with van der Waals surface area (Å²) in [7, 11) is 4.03. The van der Waals surface area contributed by atoms with Gasteiger partial charge in [-0.3, -0.25) is 4.98 Å².